The van der Waals surface area contributed by atoms with Gasteiger partial charge in [0.05, 0.1) is 20.3 Å². The number of hydrogen-bond acceptors (Lipinski definition) is 3. The minimum Gasteiger partial charge on any atom is -0.497 e. The zero-order valence-electron chi connectivity index (χ0n) is 13.9. The zero-order valence-corrected chi connectivity index (χ0v) is 14.7. The number of benzene rings is 2. The van der Waals surface area contributed by atoms with E-state index in [0.717, 1.165) is 22.6 Å². The van der Waals surface area contributed by atoms with Crippen molar-refractivity contribution in [1.29, 1.82) is 0 Å². The molecule has 6 heteroatoms. The van der Waals surface area contributed by atoms with Gasteiger partial charge >= 0.3 is 0 Å². The normalized spacial score (nSPS) is 11.5. The molecule has 2 rings (SSSR count). The van der Waals surface area contributed by atoms with Crippen LogP contribution in [0, 0.1) is 5.82 Å². The van der Waals surface area contributed by atoms with E-state index in [-0.39, 0.29) is 11.9 Å². The van der Waals surface area contributed by atoms with Gasteiger partial charge in [-0.05, 0) is 55.0 Å². The first kappa shape index (κ1) is 18.0. The summed E-state index contributed by atoms with van der Waals surface area (Å²) < 4.78 is 23.6. The van der Waals surface area contributed by atoms with Gasteiger partial charge < -0.3 is 20.1 Å². The van der Waals surface area contributed by atoms with E-state index in [9.17, 15) is 4.39 Å². The minimum atomic E-state index is -0.252. The van der Waals surface area contributed by atoms with Crippen LogP contribution in [0.3, 0.4) is 0 Å². The predicted octanol–water partition coefficient (Wildman–Crippen LogP) is 3.57. The van der Waals surface area contributed by atoms with Crippen LogP contribution in [0.2, 0.25) is 0 Å². The van der Waals surface area contributed by atoms with Gasteiger partial charge in [0, 0.05) is 12.1 Å². The van der Waals surface area contributed by atoms with E-state index in [1.165, 1.54) is 12.1 Å². The maximum Gasteiger partial charge on any atom is 0.167 e. The van der Waals surface area contributed by atoms with Crippen LogP contribution in [0.4, 0.5) is 4.39 Å². The molecule has 0 saturated carbocycles. The highest BCUT2D eigenvalue weighted by Crippen LogP contribution is 2.29. The van der Waals surface area contributed by atoms with E-state index >= 15 is 0 Å². The average Bonchev–Trinajstić information content (AvgIpc) is 2.60. The van der Waals surface area contributed by atoms with Gasteiger partial charge in [0.25, 0.3) is 0 Å². The lowest BCUT2D eigenvalue weighted by Gasteiger charge is -2.20. The Hall–Kier alpha value is -2.34. The second kappa shape index (κ2) is 8.49. The van der Waals surface area contributed by atoms with E-state index in [1.807, 2.05) is 25.1 Å². The van der Waals surface area contributed by atoms with Crippen LogP contribution in [0.5, 0.6) is 11.5 Å². The number of ether oxygens (including phenoxy) is 2. The molecule has 0 aromatic heterocycles. The van der Waals surface area contributed by atoms with E-state index in [4.69, 9.17) is 21.7 Å². The Bertz CT molecular complexity index is 692. The highest BCUT2D eigenvalue weighted by atomic mass is 32.1. The smallest absolute Gasteiger partial charge is 0.167 e. The quantitative estimate of drug-likeness (QED) is 0.781. The average molecular weight is 348 g/mol. The Kier molecular flexibility index (Phi) is 6.37. The summed E-state index contributed by atoms with van der Waals surface area (Å²) in [6, 6.07) is 11.9. The molecule has 0 amide bonds. The molecule has 0 aliphatic heterocycles. The molecule has 2 aromatic carbocycles. The molecule has 0 fully saturated rings. The molecular weight excluding hydrogens is 327 g/mol. The molecule has 0 heterocycles. The standard InChI is InChI=1S/C18H21FN2O2S/c1-12(16-10-15(22-2)8-9-17(16)23-3)21-18(24)20-11-13-4-6-14(19)7-5-13/h4-10,12H,11H2,1-3H3,(H2,20,21,24)/t12-/m1/s1. The van der Waals surface area contributed by atoms with Gasteiger partial charge in [-0.2, -0.15) is 0 Å². The third-order valence-corrected chi connectivity index (χ3v) is 3.88. The molecule has 0 unspecified atom stereocenters. The van der Waals surface area contributed by atoms with E-state index in [0.29, 0.717) is 11.7 Å². The van der Waals surface area contributed by atoms with Gasteiger partial charge in [0.2, 0.25) is 0 Å². The molecule has 1 atom stereocenters. The molecule has 0 radical (unpaired) electrons. The summed E-state index contributed by atoms with van der Waals surface area (Å²) in [5.74, 6) is 1.26. The first-order valence-corrected chi connectivity index (χ1v) is 7.95. The van der Waals surface area contributed by atoms with Crippen LogP contribution in [0.15, 0.2) is 42.5 Å². The van der Waals surface area contributed by atoms with E-state index < -0.39 is 0 Å². The zero-order chi connectivity index (χ0) is 17.5. The van der Waals surface area contributed by atoms with Gasteiger partial charge in [0.15, 0.2) is 5.11 Å². The van der Waals surface area contributed by atoms with Crippen molar-refractivity contribution >= 4 is 17.3 Å². The lowest BCUT2D eigenvalue weighted by Crippen LogP contribution is -2.36. The van der Waals surface area contributed by atoms with Crippen molar-refractivity contribution in [3.8, 4) is 11.5 Å². The summed E-state index contributed by atoms with van der Waals surface area (Å²) in [7, 11) is 3.25. The minimum absolute atomic E-state index is 0.0664. The maximum atomic E-state index is 12.9. The second-order valence-electron chi connectivity index (χ2n) is 5.28. The fourth-order valence-corrected chi connectivity index (χ4v) is 2.54. The van der Waals surface area contributed by atoms with Crippen LogP contribution in [-0.4, -0.2) is 19.3 Å². The Balaban J connectivity index is 1.97. The predicted molar refractivity (Wildman–Crippen MR) is 96.9 cm³/mol. The molecule has 128 valence electrons. The summed E-state index contributed by atoms with van der Waals surface area (Å²) in [5, 5.41) is 6.84. The van der Waals surface area contributed by atoms with Crippen molar-refractivity contribution in [2.75, 3.05) is 14.2 Å². The summed E-state index contributed by atoms with van der Waals surface area (Å²) in [6.07, 6.45) is 0. The first-order chi connectivity index (χ1) is 11.5. The van der Waals surface area contributed by atoms with Gasteiger partial charge in [-0.25, -0.2) is 4.39 Å². The van der Waals surface area contributed by atoms with Crippen LogP contribution in [-0.2, 0) is 6.54 Å². The maximum absolute atomic E-state index is 12.9. The van der Waals surface area contributed by atoms with Crippen LogP contribution >= 0.6 is 12.2 Å². The monoisotopic (exact) mass is 348 g/mol. The van der Waals surface area contributed by atoms with Crippen molar-refractivity contribution in [3.63, 3.8) is 0 Å². The highest BCUT2D eigenvalue weighted by Gasteiger charge is 2.13. The molecule has 0 bridgehead atoms. The van der Waals surface area contributed by atoms with E-state index in [1.54, 1.807) is 26.4 Å². The molecule has 4 nitrogen and oxygen atoms in total. The molecule has 24 heavy (non-hydrogen) atoms. The molecule has 0 aliphatic rings. The lowest BCUT2D eigenvalue weighted by molar-refractivity contribution is 0.395. The third-order valence-electron chi connectivity index (χ3n) is 3.62. The molecule has 2 N–H and O–H groups in total. The van der Waals surface area contributed by atoms with Gasteiger partial charge in [-0.3, -0.25) is 0 Å². The molecule has 2 aromatic rings. The Morgan fingerprint density at radius 2 is 1.83 bits per heavy atom. The van der Waals surface area contributed by atoms with Gasteiger partial charge in [0.1, 0.15) is 17.3 Å². The fraction of sp³-hybridized carbons (Fsp3) is 0.278. The van der Waals surface area contributed by atoms with Crippen molar-refractivity contribution < 1.29 is 13.9 Å². The third kappa shape index (κ3) is 4.83. The Morgan fingerprint density at radius 1 is 1.12 bits per heavy atom. The Morgan fingerprint density at radius 3 is 2.46 bits per heavy atom. The molecular formula is C18H21FN2O2S. The van der Waals surface area contributed by atoms with Crippen molar-refractivity contribution in [2.24, 2.45) is 0 Å². The van der Waals surface area contributed by atoms with Crippen LogP contribution in [0.1, 0.15) is 24.1 Å². The van der Waals surface area contributed by atoms with Crippen molar-refractivity contribution in [1.82, 2.24) is 10.6 Å². The topological polar surface area (TPSA) is 42.5 Å². The Labute approximate surface area is 147 Å². The second-order valence-corrected chi connectivity index (χ2v) is 5.69. The van der Waals surface area contributed by atoms with Gasteiger partial charge in [-0.1, -0.05) is 12.1 Å². The van der Waals surface area contributed by atoms with E-state index in [2.05, 4.69) is 10.6 Å². The summed E-state index contributed by atoms with van der Waals surface area (Å²) >= 11 is 5.33. The fourth-order valence-electron chi connectivity index (χ4n) is 2.29. The SMILES string of the molecule is COc1ccc(OC)c([C@@H](C)NC(=S)NCc2ccc(F)cc2)c1. The number of halogens is 1. The number of rotatable bonds is 6. The molecule has 0 spiro atoms. The number of nitrogens with one attached hydrogen (secondary N) is 2. The first-order valence-electron chi connectivity index (χ1n) is 7.54. The molecule has 0 saturated heterocycles. The highest BCUT2D eigenvalue weighted by molar-refractivity contribution is 7.80. The largest absolute Gasteiger partial charge is 0.497 e. The van der Waals surface area contributed by atoms with Crippen LogP contribution < -0.4 is 20.1 Å². The number of hydrogen-bond donors (Lipinski definition) is 2. The summed E-state index contributed by atoms with van der Waals surface area (Å²) in [4.78, 5) is 0. The summed E-state index contributed by atoms with van der Waals surface area (Å²) in [6.45, 7) is 2.51. The van der Waals surface area contributed by atoms with Crippen molar-refractivity contribution in [2.45, 2.75) is 19.5 Å². The number of thiocarbonyl (C=S) groups is 1. The number of methoxy groups -OCH3 is 2. The lowest BCUT2D eigenvalue weighted by atomic mass is 10.1. The summed E-state index contributed by atoms with van der Waals surface area (Å²) in [5.41, 5.74) is 1.90. The van der Waals surface area contributed by atoms with Gasteiger partial charge in [-0.15, -0.1) is 0 Å². The van der Waals surface area contributed by atoms with Crippen LogP contribution in [0.25, 0.3) is 0 Å². The van der Waals surface area contributed by atoms with Crippen molar-refractivity contribution in [3.05, 3.63) is 59.4 Å². The molecule has 0 aliphatic carbocycles.